The number of aliphatic imine (C=N–C) groups is 1. The van der Waals surface area contributed by atoms with Gasteiger partial charge in [-0.25, -0.2) is 0 Å². The summed E-state index contributed by atoms with van der Waals surface area (Å²) in [6.45, 7) is 9.98. The molecule has 2 aromatic heterocycles. The standard InChI is InChI=1S/C24H26IN5/c1-5-20(28-22(6-2)27-16(3)4)15-21-23(17-11-13-26-14-12-17)24(30-29-21)18-7-9-19(25)10-8-18/h5-14,16H,2,15H2,1,3-4H3,(H,27,28)(H,29,30)/b20-5-. The van der Waals surface area contributed by atoms with Gasteiger partial charge >= 0.3 is 0 Å². The van der Waals surface area contributed by atoms with E-state index < -0.39 is 0 Å². The van der Waals surface area contributed by atoms with Crippen molar-refractivity contribution < 1.29 is 0 Å². The number of benzene rings is 1. The number of allylic oxidation sites excluding steroid dienone is 2. The molecular formula is C24H26IN5. The van der Waals surface area contributed by atoms with E-state index >= 15 is 0 Å². The van der Waals surface area contributed by atoms with Gasteiger partial charge in [-0.2, -0.15) is 5.10 Å². The first-order valence-corrected chi connectivity index (χ1v) is 11.0. The highest BCUT2D eigenvalue weighted by Gasteiger charge is 2.18. The normalized spacial score (nSPS) is 12.3. The number of H-pyrrole nitrogens is 1. The van der Waals surface area contributed by atoms with Gasteiger partial charge in [0, 0.05) is 50.9 Å². The Labute approximate surface area is 191 Å². The molecule has 0 aliphatic carbocycles. The van der Waals surface area contributed by atoms with Crippen LogP contribution in [0, 0.1) is 3.57 Å². The van der Waals surface area contributed by atoms with Crippen LogP contribution in [0.4, 0.5) is 0 Å². The average Bonchev–Trinajstić information content (AvgIpc) is 3.16. The van der Waals surface area contributed by atoms with Crippen LogP contribution in [0.3, 0.4) is 0 Å². The van der Waals surface area contributed by atoms with E-state index in [9.17, 15) is 0 Å². The summed E-state index contributed by atoms with van der Waals surface area (Å²) in [6.07, 6.45) is 8.09. The van der Waals surface area contributed by atoms with E-state index in [1.165, 1.54) is 3.57 Å². The molecular weight excluding hydrogens is 485 g/mol. The van der Waals surface area contributed by atoms with Crippen molar-refractivity contribution >= 4 is 28.4 Å². The minimum atomic E-state index is 0.190. The molecule has 0 unspecified atom stereocenters. The van der Waals surface area contributed by atoms with Gasteiger partial charge in [0.1, 0.15) is 11.5 Å². The molecule has 30 heavy (non-hydrogen) atoms. The molecule has 0 spiro atoms. The lowest BCUT2D eigenvalue weighted by Gasteiger charge is -2.13. The van der Waals surface area contributed by atoms with E-state index in [4.69, 9.17) is 0 Å². The molecule has 0 saturated heterocycles. The van der Waals surface area contributed by atoms with Crippen LogP contribution in [0.5, 0.6) is 0 Å². The minimum absolute atomic E-state index is 0.190. The fourth-order valence-corrected chi connectivity index (χ4v) is 3.50. The number of halogens is 1. The van der Waals surface area contributed by atoms with Crippen LogP contribution in [-0.4, -0.2) is 27.1 Å². The van der Waals surface area contributed by atoms with Gasteiger partial charge in [0.2, 0.25) is 0 Å². The Balaban J connectivity index is 2.00. The second-order valence-corrected chi connectivity index (χ2v) is 8.34. The molecule has 154 valence electrons. The highest BCUT2D eigenvalue weighted by Crippen LogP contribution is 2.34. The van der Waals surface area contributed by atoms with E-state index in [0.29, 0.717) is 6.42 Å². The van der Waals surface area contributed by atoms with Crippen molar-refractivity contribution in [3.8, 4) is 22.4 Å². The predicted octanol–water partition coefficient (Wildman–Crippen LogP) is 5.77. The average molecular weight is 511 g/mol. The molecule has 3 aromatic rings. The molecule has 0 radical (unpaired) electrons. The molecule has 0 amide bonds. The van der Waals surface area contributed by atoms with Gasteiger partial charge in [-0.1, -0.05) is 24.8 Å². The van der Waals surface area contributed by atoms with Crippen LogP contribution < -0.4 is 5.32 Å². The van der Waals surface area contributed by atoms with E-state index in [1.807, 2.05) is 45.3 Å². The fourth-order valence-electron chi connectivity index (χ4n) is 3.14. The van der Waals surface area contributed by atoms with Crippen LogP contribution in [-0.2, 0) is 6.42 Å². The zero-order chi connectivity index (χ0) is 21.5. The van der Waals surface area contributed by atoms with Gasteiger partial charge in [0.05, 0.1) is 0 Å². The summed E-state index contributed by atoms with van der Waals surface area (Å²) < 4.78 is 1.19. The molecule has 3 rings (SSSR count). The molecule has 2 heterocycles. The summed E-state index contributed by atoms with van der Waals surface area (Å²) in [7, 11) is 0. The Bertz CT molecular complexity index is 1050. The molecule has 2 N–H and O–H groups in total. The maximum atomic E-state index is 4.67. The lowest BCUT2D eigenvalue weighted by molar-refractivity contribution is 0.824. The van der Waals surface area contributed by atoms with Crippen molar-refractivity contribution in [1.82, 2.24) is 20.5 Å². The van der Waals surface area contributed by atoms with Crippen molar-refractivity contribution in [3.63, 3.8) is 0 Å². The van der Waals surface area contributed by atoms with E-state index in [0.717, 1.165) is 39.6 Å². The van der Waals surface area contributed by atoms with Gasteiger partial charge in [0.25, 0.3) is 0 Å². The van der Waals surface area contributed by atoms with Crippen molar-refractivity contribution in [1.29, 1.82) is 0 Å². The largest absolute Gasteiger partial charge is 0.344 e. The van der Waals surface area contributed by atoms with Crippen molar-refractivity contribution in [2.75, 3.05) is 0 Å². The minimum Gasteiger partial charge on any atom is -0.344 e. The number of aromatic nitrogens is 3. The third-order valence-corrected chi connectivity index (χ3v) is 5.24. The number of rotatable bonds is 7. The molecule has 0 aliphatic heterocycles. The predicted molar refractivity (Wildman–Crippen MR) is 133 cm³/mol. The van der Waals surface area contributed by atoms with Crippen LogP contribution >= 0.6 is 22.6 Å². The molecule has 1 aromatic carbocycles. The van der Waals surface area contributed by atoms with Crippen LogP contribution in [0.25, 0.3) is 22.4 Å². The third-order valence-electron chi connectivity index (χ3n) is 4.52. The number of nitrogens with one attached hydrogen (secondary N) is 2. The summed E-state index contributed by atoms with van der Waals surface area (Å²) >= 11 is 2.31. The molecule has 6 heteroatoms. The van der Waals surface area contributed by atoms with Crippen molar-refractivity contribution in [2.24, 2.45) is 4.99 Å². The first kappa shape index (κ1) is 22.0. The first-order chi connectivity index (χ1) is 14.5. The molecule has 0 fully saturated rings. The van der Waals surface area contributed by atoms with Gasteiger partial charge in [-0.05, 0) is 79.3 Å². The number of aromatic amines is 1. The van der Waals surface area contributed by atoms with Crippen LogP contribution in [0.15, 0.2) is 78.2 Å². The van der Waals surface area contributed by atoms with E-state index in [1.54, 1.807) is 6.08 Å². The second-order valence-electron chi connectivity index (χ2n) is 7.10. The van der Waals surface area contributed by atoms with E-state index in [2.05, 4.69) is 85.0 Å². The van der Waals surface area contributed by atoms with Crippen LogP contribution in [0.2, 0.25) is 0 Å². The Morgan fingerprint density at radius 1 is 1.17 bits per heavy atom. The maximum Gasteiger partial charge on any atom is 0.124 e. The summed E-state index contributed by atoms with van der Waals surface area (Å²) in [6, 6.07) is 12.6. The Hall–Kier alpha value is -2.74. The molecule has 0 aliphatic rings. The van der Waals surface area contributed by atoms with Gasteiger partial charge in [-0.3, -0.25) is 15.1 Å². The quantitative estimate of drug-likeness (QED) is 0.241. The molecule has 0 atom stereocenters. The zero-order valence-corrected chi connectivity index (χ0v) is 19.6. The van der Waals surface area contributed by atoms with E-state index in [-0.39, 0.29) is 6.04 Å². The van der Waals surface area contributed by atoms with Gasteiger partial charge in [0.15, 0.2) is 0 Å². The molecule has 0 saturated carbocycles. The maximum absolute atomic E-state index is 4.67. The first-order valence-electron chi connectivity index (χ1n) is 9.87. The summed E-state index contributed by atoms with van der Waals surface area (Å²) in [5, 5.41) is 11.3. The third kappa shape index (κ3) is 5.44. The Morgan fingerprint density at radius 3 is 2.47 bits per heavy atom. The Morgan fingerprint density at radius 2 is 1.87 bits per heavy atom. The van der Waals surface area contributed by atoms with Crippen LogP contribution in [0.1, 0.15) is 26.5 Å². The number of nitrogens with zero attached hydrogens (tertiary/aromatic N) is 3. The van der Waals surface area contributed by atoms with Crippen molar-refractivity contribution in [3.05, 3.63) is 82.5 Å². The highest BCUT2D eigenvalue weighted by atomic mass is 127. The monoisotopic (exact) mass is 511 g/mol. The summed E-state index contributed by atoms with van der Waals surface area (Å²) in [5.41, 5.74) is 6.24. The zero-order valence-electron chi connectivity index (χ0n) is 17.5. The topological polar surface area (TPSA) is 66.0 Å². The molecule has 5 nitrogen and oxygen atoms in total. The number of hydrogen-bond donors (Lipinski definition) is 2. The lowest BCUT2D eigenvalue weighted by atomic mass is 9.98. The highest BCUT2D eigenvalue weighted by molar-refractivity contribution is 14.1. The van der Waals surface area contributed by atoms with Gasteiger partial charge < -0.3 is 5.32 Å². The fraction of sp³-hybridized carbons (Fsp3) is 0.208. The Kier molecular flexibility index (Phi) is 7.57. The summed E-state index contributed by atoms with van der Waals surface area (Å²) in [4.78, 5) is 8.75. The SMILES string of the molecule is C=CC(=NC(C)C)N/C(=C\C)Cc1[nH]nc(-c2ccc(I)cc2)c1-c1ccncc1. The van der Waals surface area contributed by atoms with Crippen molar-refractivity contribution in [2.45, 2.75) is 33.2 Å². The van der Waals surface area contributed by atoms with Gasteiger partial charge in [-0.15, -0.1) is 0 Å². The second kappa shape index (κ2) is 10.3. The smallest absolute Gasteiger partial charge is 0.124 e. The lowest BCUT2D eigenvalue weighted by Crippen LogP contribution is -2.23. The molecule has 0 bridgehead atoms. The number of pyridine rings is 1. The number of amidine groups is 1. The summed E-state index contributed by atoms with van der Waals surface area (Å²) in [5.74, 6) is 0.765. The number of hydrogen-bond acceptors (Lipinski definition) is 3.